The maximum absolute atomic E-state index is 11.1. The fraction of sp³-hybridized carbons (Fsp3) is 0.727. The third kappa shape index (κ3) is 2.15. The van der Waals surface area contributed by atoms with Gasteiger partial charge in [0.25, 0.3) is 0 Å². The zero-order valence-corrected chi connectivity index (χ0v) is 8.73. The molecular weight excluding hydrogens is 180 g/mol. The van der Waals surface area contributed by atoms with Crippen LogP contribution in [0.25, 0.3) is 0 Å². The van der Waals surface area contributed by atoms with Crippen molar-refractivity contribution in [1.82, 2.24) is 0 Å². The molecule has 3 nitrogen and oxygen atoms in total. The summed E-state index contributed by atoms with van der Waals surface area (Å²) in [6.45, 7) is 3.67. The Hall–Kier alpha value is -0.830. The molecule has 0 saturated carbocycles. The fourth-order valence-corrected chi connectivity index (χ4v) is 2.21. The van der Waals surface area contributed by atoms with Gasteiger partial charge in [-0.05, 0) is 25.2 Å². The van der Waals surface area contributed by atoms with Crippen LogP contribution in [0.2, 0.25) is 0 Å². The molecule has 1 aliphatic rings. The molecule has 0 radical (unpaired) electrons. The summed E-state index contributed by atoms with van der Waals surface area (Å²) in [5, 5.41) is 19.3. The summed E-state index contributed by atoms with van der Waals surface area (Å²) >= 11 is 0. The van der Waals surface area contributed by atoms with Gasteiger partial charge in [-0.15, -0.1) is 0 Å². The van der Waals surface area contributed by atoms with Crippen LogP contribution >= 0.6 is 0 Å². The molecule has 0 bridgehead atoms. The van der Waals surface area contributed by atoms with Crippen molar-refractivity contribution in [3.63, 3.8) is 0 Å². The highest BCUT2D eigenvalue weighted by atomic mass is 16.4. The van der Waals surface area contributed by atoms with Crippen LogP contribution in [-0.4, -0.2) is 21.8 Å². The van der Waals surface area contributed by atoms with Gasteiger partial charge in [-0.25, -0.2) is 0 Å². The van der Waals surface area contributed by atoms with E-state index in [1.807, 2.05) is 19.9 Å². The number of carboxylic acid groups (broad SMARTS) is 1. The van der Waals surface area contributed by atoms with Crippen LogP contribution in [0.3, 0.4) is 0 Å². The first-order valence-corrected chi connectivity index (χ1v) is 5.10. The number of carbonyl (C=O) groups is 1. The van der Waals surface area contributed by atoms with Crippen LogP contribution < -0.4 is 0 Å². The van der Waals surface area contributed by atoms with E-state index in [9.17, 15) is 9.90 Å². The molecule has 2 atom stereocenters. The number of hydrogen-bond donors (Lipinski definition) is 2. The second kappa shape index (κ2) is 4.13. The largest absolute Gasteiger partial charge is 0.481 e. The van der Waals surface area contributed by atoms with Crippen molar-refractivity contribution in [3.05, 3.63) is 12.2 Å². The first-order chi connectivity index (χ1) is 6.47. The second-order valence-electron chi connectivity index (χ2n) is 4.35. The molecule has 0 heterocycles. The van der Waals surface area contributed by atoms with E-state index < -0.39 is 17.5 Å². The van der Waals surface area contributed by atoms with Crippen molar-refractivity contribution in [2.45, 2.75) is 38.7 Å². The first-order valence-electron chi connectivity index (χ1n) is 5.10. The van der Waals surface area contributed by atoms with Gasteiger partial charge in [-0.2, -0.15) is 0 Å². The molecule has 0 aliphatic heterocycles. The molecule has 0 aromatic heterocycles. The standard InChI is InChI=1S/C11H18O3/c1-8(2)9(10(12)13)11(14)6-4-3-5-7-11/h4,6,8-9,14H,3,5,7H2,1-2H3,(H,12,13). The molecule has 0 aromatic carbocycles. The molecule has 2 N–H and O–H groups in total. The quantitative estimate of drug-likeness (QED) is 0.680. The summed E-state index contributed by atoms with van der Waals surface area (Å²) in [6.07, 6.45) is 5.89. The average molecular weight is 198 g/mol. The normalized spacial score (nSPS) is 29.1. The number of allylic oxidation sites excluding steroid dienone is 1. The molecule has 14 heavy (non-hydrogen) atoms. The summed E-state index contributed by atoms with van der Waals surface area (Å²) in [6, 6.07) is 0. The van der Waals surface area contributed by atoms with Gasteiger partial charge in [-0.1, -0.05) is 26.0 Å². The molecule has 0 amide bonds. The number of aliphatic hydroxyl groups is 1. The molecule has 0 fully saturated rings. The summed E-state index contributed by atoms with van der Waals surface area (Å²) in [5.41, 5.74) is -1.14. The number of rotatable bonds is 3. The van der Waals surface area contributed by atoms with Gasteiger partial charge in [0.15, 0.2) is 0 Å². The highest BCUT2D eigenvalue weighted by Gasteiger charge is 2.41. The molecule has 0 spiro atoms. The molecule has 1 aliphatic carbocycles. The minimum Gasteiger partial charge on any atom is -0.481 e. The first kappa shape index (κ1) is 11.2. The van der Waals surface area contributed by atoms with E-state index in [1.54, 1.807) is 6.08 Å². The highest BCUT2D eigenvalue weighted by Crippen LogP contribution is 2.34. The average Bonchev–Trinajstić information content (AvgIpc) is 2.02. The van der Waals surface area contributed by atoms with Gasteiger partial charge in [0.05, 0.1) is 11.5 Å². The lowest BCUT2D eigenvalue weighted by Gasteiger charge is -2.35. The highest BCUT2D eigenvalue weighted by molar-refractivity contribution is 5.72. The summed E-state index contributed by atoms with van der Waals surface area (Å²) in [5.74, 6) is -1.66. The molecule has 0 aromatic rings. The molecule has 3 heteroatoms. The molecule has 0 saturated heterocycles. The summed E-state index contributed by atoms with van der Waals surface area (Å²) in [4.78, 5) is 11.1. The van der Waals surface area contributed by atoms with E-state index in [0.717, 1.165) is 12.8 Å². The SMILES string of the molecule is CC(C)C(C(=O)O)C1(O)C=CCCC1. The molecule has 2 unspecified atom stereocenters. The van der Waals surface area contributed by atoms with E-state index in [1.165, 1.54) is 0 Å². The van der Waals surface area contributed by atoms with Crippen molar-refractivity contribution in [2.75, 3.05) is 0 Å². The zero-order chi connectivity index (χ0) is 10.8. The van der Waals surface area contributed by atoms with Gasteiger partial charge in [0, 0.05) is 0 Å². The van der Waals surface area contributed by atoms with Crippen LogP contribution in [0, 0.1) is 11.8 Å². The van der Waals surface area contributed by atoms with Crippen LogP contribution in [0.15, 0.2) is 12.2 Å². The number of hydrogen-bond acceptors (Lipinski definition) is 2. The van der Waals surface area contributed by atoms with Crippen molar-refractivity contribution in [3.8, 4) is 0 Å². The molecule has 80 valence electrons. The van der Waals surface area contributed by atoms with E-state index in [2.05, 4.69) is 0 Å². The van der Waals surface area contributed by atoms with Crippen LogP contribution in [0.1, 0.15) is 33.1 Å². The Bertz CT molecular complexity index is 245. The number of carboxylic acids is 1. The van der Waals surface area contributed by atoms with Gasteiger partial charge >= 0.3 is 5.97 Å². The lowest BCUT2D eigenvalue weighted by molar-refractivity contribution is -0.152. The van der Waals surface area contributed by atoms with Gasteiger partial charge < -0.3 is 10.2 Å². The smallest absolute Gasteiger partial charge is 0.310 e. The Morgan fingerprint density at radius 1 is 1.50 bits per heavy atom. The van der Waals surface area contributed by atoms with Crippen LogP contribution in [0.4, 0.5) is 0 Å². The lowest BCUT2D eigenvalue weighted by atomic mass is 9.74. The zero-order valence-electron chi connectivity index (χ0n) is 8.73. The fourth-order valence-electron chi connectivity index (χ4n) is 2.21. The Labute approximate surface area is 84.4 Å². The molecular formula is C11H18O3. The van der Waals surface area contributed by atoms with Crippen LogP contribution in [-0.2, 0) is 4.79 Å². The minimum absolute atomic E-state index is 0.0553. The third-order valence-corrected chi connectivity index (χ3v) is 2.83. The Balaban J connectivity index is 2.91. The Kier molecular flexibility index (Phi) is 3.32. The van der Waals surface area contributed by atoms with E-state index in [-0.39, 0.29) is 5.92 Å². The predicted molar refractivity (Wildman–Crippen MR) is 53.9 cm³/mol. The maximum Gasteiger partial charge on any atom is 0.310 e. The van der Waals surface area contributed by atoms with Gasteiger partial charge in [-0.3, -0.25) is 4.79 Å². The minimum atomic E-state index is -1.14. The Morgan fingerprint density at radius 3 is 2.50 bits per heavy atom. The van der Waals surface area contributed by atoms with Crippen molar-refractivity contribution >= 4 is 5.97 Å². The van der Waals surface area contributed by atoms with Gasteiger partial charge in [0.1, 0.15) is 0 Å². The van der Waals surface area contributed by atoms with E-state index >= 15 is 0 Å². The monoisotopic (exact) mass is 198 g/mol. The van der Waals surface area contributed by atoms with E-state index in [4.69, 9.17) is 5.11 Å². The van der Waals surface area contributed by atoms with Gasteiger partial charge in [0.2, 0.25) is 0 Å². The van der Waals surface area contributed by atoms with Crippen LogP contribution in [0.5, 0.6) is 0 Å². The van der Waals surface area contributed by atoms with Crippen molar-refractivity contribution in [1.29, 1.82) is 0 Å². The lowest BCUT2D eigenvalue weighted by Crippen LogP contribution is -2.44. The number of aliphatic carboxylic acids is 1. The second-order valence-corrected chi connectivity index (χ2v) is 4.35. The maximum atomic E-state index is 11.1. The topological polar surface area (TPSA) is 57.5 Å². The Morgan fingerprint density at radius 2 is 2.14 bits per heavy atom. The predicted octanol–water partition coefficient (Wildman–Crippen LogP) is 1.81. The molecule has 1 rings (SSSR count). The van der Waals surface area contributed by atoms with Crippen molar-refractivity contribution in [2.24, 2.45) is 11.8 Å². The third-order valence-electron chi connectivity index (χ3n) is 2.83. The summed E-state index contributed by atoms with van der Waals surface area (Å²) < 4.78 is 0. The summed E-state index contributed by atoms with van der Waals surface area (Å²) in [7, 11) is 0. The van der Waals surface area contributed by atoms with Crippen molar-refractivity contribution < 1.29 is 15.0 Å². The van der Waals surface area contributed by atoms with E-state index in [0.29, 0.717) is 6.42 Å².